The minimum Gasteiger partial charge on any atom is -0.322 e. The molecule has 0 heterocycles. The quantitative estimate of drug-likeness (QED) is 0.778. The van der Waals surface area contributed by atoms with Crippen LogP contribution in [0, 0.1) is 12.7 Å². The van der Waals surface area contributed by atoms with Crippen molar-refractivity contribution in [2.45, 2.75) is 13.8 Å². The van der Waals surface area contributed by atoms with Crippen LogP contribution in [0.1, 0.15) is 22.8 Å². The summed E-state index contributed by atoms with van der Waals surface area (Å²) >= 11 is 3.15. The molecular formula is C16H16BrFN2O3S. The number of aryl methyl sites for hydroxylation is 1. The zero-order valence-electron chi connectivity index (χ0n) is 13.1. The topological polar surface area (TPSA) is 75.3 Å². The fraction of sp³-hybridized carbons (Fsp3) is 0.188. The Labute approximate surface area is 148 Å². The van der Waals surface area contributed by atoms with Crippen LogP contribution in [0.4, 0.5) is 15.8 Å². The number of benzene rings is 2. The van der Waals surface area contributed by atoms with E-state index >= 15 is 0 Å². The molecule has 0 radical (unpaired) electrons. The third kappa shape index (κ3) is 4.55. The number of halogens is 2. The molecule has 0 atom stereocenters. The van der Waals surface area contributed by atoms with Gasteiger partial charge in [-0.15, -0.1) is 0 Å². The Morgan fingerprint density at radius 3 is 2.50 bits per heavy atom. The van der Waals surface area contributed by atoms with Gasteiger partial charge >= 0.3 is 0 Å². The van der Waals surface area contributed by atoms with Crippen molar-refractivity contribution in [1.29, 1.82) is 0 Å². The number of anilines is 2. The maximum absolute atomic E-state index is 13.1. The molecule has 24 heavy (non-hydrogen) atoms. The van der Waals surface area contributed by atoms with Gasteiger partial charge in [-0.3, -0.25) is 9.52 Å². The molecule has 5 nitrogen and oxygen atoms in total. The highest BCUT2D eigenvalue weighted by molar-refractivity contribution is 9.10. The SMILES string of the molecule is CCS(=O)(=O)Nc1ccc(NC(=O)c2ccc(F)cc2Br)cc1C. The Kier molecular flexibility index (Phi) is 5.61. The molecule has 2 rings (SSSR count). The number of sulfonamides is 1. The summed E-state index contributed by atoms with van der Waals surface area (Å²) in [6, 6.07) is 8.62. The van der Waals surface area contributed by atoms with Gasteiger partial charge in [-0.1, -0.05) is 0 Å². The summed E-state index contributed by atoms with van der Waals surface area (Å²) < 4.78 is 39.1. The van der Waals surface area contributed by atoms with Crippen molar-refractivity contribution in [2.75, 3.05) is 15.8 Å². The maximum Gasteiger partial charge on any atom is 0.256 e. The van der Waals surface area contributed by atoms with Gasteiger partial charge in [-0.2, -0.15) is 0 Å². The van der Waals surface area contributed by atoms with Crippen LogP contribution in [0.15, 0.2) is 40.9 Å². The molecule has 0 aliphatic heterocycles. The first kappa shape index (κ1) is 18.4. The lowest BCUT2D eigenvalue weighted by molar-refractivity contribution is 0.102. The van der Waals surface area contributed by atoms with Crippen LogP contribution < -0.4 is 10.0 Å². The summed E-state index contributed by atoms with van der Waals surface area (Å²) in [6.07, 6.45) is 0. The van der Waals surface area contributed by atoms with Crippen LogP contribution >= 0.6 is 15.9 Å². The van der Waals surface area contributed by atoms with Crippen molar-refractivity contribution in [3.05, 3.63) is 57.8 Å². The van der Waals surface area contributed by atoms with E-state index in [1.165, 1.54) is 18.2 Å². The highest BCUT2D eigenvalue weighted by atomic mass is 79.9. The Hall–Kier alpha value is -1.93. The lowest BCUT2D eigenvalue weighted by atomic mass is 10.1. The van der Waals surface area contributed by atoms with E-state index in [-0.39, 0.29) is 5.75 Å². The molecule has 0 aromatic heterocycles. The van der Waals surface area contributed by atoms with Crippen LogP contribution in [0.25, 0.3) is 0 Å². The van der Waals surface area contributed by atoms with Gasteiger partial charge in [0.25, 0.3) is 5.91 Å². The molecule has 0 saturated carbocycles. The van der Waals surface area contributed by atoms with E-state index < -0.39 is 21.7 Å². The summed E-state index contributed by atoms with van der Waals surface area (Å²) in [5, 5.41) is 2.69. The number of amides is 1. The number of hydrogen-bond acceptors (Lipinski definition) is 3. The number of carbonyl (C=O) groups is 1. The molecule has 0 aliphatic carbocycles. The second kappa shape index (κ2) is 7.31. The molecule has 0 aliphatic rings. The molecule has 0 bridgehead atoms. The lowest BCUT2D eigenvalue weighted by Gasteiger charge is -2.12. The van der Waals surface area contributed by atoms with Gasteiger partial charge in [0, 0.05) is 10.2 Å². The van der Waals surface area contributed by atoms with E-state index in [4.69, 9.17) is 0 Å². The van der Waals surface area contributed by atoms with Gasteiger partial charge in [-0.25, -0.2) is 12.8 Å². The van der Waals surface area contributed by atoms with E-state index in [1.54, 1.807) is 32.0 Å². The molecule has 0 unspecified atom stereocenters. The number of hydrogen-bond donors (Lipinski definition) is 2. The second-order valence-electron chi connectivity index (χ2n) is 5.11. The van der Waals surface area contributed by atoms with E-state index in [1.807, 2.05) is 0 Å². The average molecular weight is 415 g/mol. The molecule has 2 N–H and O–H groups in total. The third-order valence-electron chi connectivity index (χ3n) is 3.31. The molecule has 0 spiro atoms. The van der Waals surface area contributed by atoms with Gasteiger partial charge < -0.3 is 5.32 Å². The molecule has 0 fully saturated rings. The summed E-state index contributed by atoms with van der Waals surface area (Å²) in [7, 11) is -3.36. The van der Waals surface area contributed by atoms with E-state index in [0.29, 0.717) is 27.0 Å². The number of nitrogens with one attached hydrogen (secondary N) is 2. The minimum atomic E-state index is -3.36. The molecule has 128 valence electrons. The van der Waals surface area contributed by atoms with Crippen LogP contribution in [0.5, 0.6) is 0 Å². The third-order valence-corrected chi connectivity index (χ3v) is 5.25. The summed E-state index contributed by atoms with van der Waals surface area (Å²) in [5.74, 6) is -0.867. The van der Waals surface area contributed by atoms with E-state index in [0.717, 1.165) is 0 Å². The fourth-order valence-electron chi connectivity index (χ4n) is 1.97. The Balaban J connectivity index is 2.19. The minimum absolute atomic E-state index is 0.0243. The van der Waals surface area contributed by atoms with Crippen LogP contribution in [0.3, 0.4) is 0 Å². The molecule has 2 aromatic carbocycles. The molecular weight excluding hydrogens is 399 g/mol. The summed E-state index contributed by atoms with van der Waals surface area (Å²) in [6.45, 7) is 3.28. The molecule has 2 aromatic rings. The largest absolute Gasteiger partial charge is 0.322 e. The Bertz CT molecular complexity index is 885. The first-order valence-electron chi connectivity index (χ1n) is 7.09. The van der Waals surface area contributed by atoms with Crippen molar-refractivity contribution in [3.8, 4) is 0 Å². The van der Waals surface area contributed by atoms with Crippen molar-refractivity contribution >= 4 is 43.2 Å². The normalized spacial score (nSPS) is 11.2. The molecule has 0 saturated heterocycles. The first-order chi connectivity index (χ1) is 11.2. The van der Waals surface area contributed by atoms with E-state index in [2.05, 4.69) is 26.0 Å². The van der Waals surface area contributed by atoms with Crippen molar-refractivity contribution < 1.29 is 17.6 Å². The second-order valence-corrected chi connectivity index (χ2v) is 7.98. The smallest absolute Gasteiger partial charge is 0.256 e. The van der Waals surface area contributed by atoms with Gasteiger partial charge in [0.2, 0.25) is 10.0 Å². The van der Waals surface area contributed by atoms with Gasteiger partial charge in [-0.05, 0) is 71.7 Å². The van der Waals surface area contributed by atoms with Crippen molar-refractivity contribution in [2.24, 2.45) is 0 Å². The maximum atomic E-state index is 13.1. The van der Waals surface area contributed by atoms with E-state index in [9.17, 15) is 17.6 Å². The van der Waals surface area contributed by atoms with Crippen molar-refractivity contribution in [1.82, 2.24) is 0 Å². The van der Waals surface area contributed by atoms with Gasteiger partial charge in [0.05, 0.1) is 17.0 Å². The molecule has 8 heteroatoms. The van der Waals surface area contributed by atoms with Gasteiger partial charge in [0.1, 0.15) is 5.82 Å². The zero-order chi connectivity index (χ0) is 17.9. The number of rotatable bonds is 5. The fourth-order valence-corrected chi connectivity index (χ4v) is 3.21. The average Bonchev–Trinajstić information content (AvgIpc) is 2.50. The van der Waals surface area contributed by atoms with Crippen molar-refractivity contribution in [3.63, 3.8) is 0 Å². The highest BCUT2D eigenvalue weighted by Gasteiger charge is 2.13. The number of carbonyl (C=O) groups excluding carboxylic acids is 1. The Morgan fingerprint density at radius 1 is 1.21 bits per heavy atom. The predicted octanol–water partition coefficient (Wildman–Crippen LogP) is 3.91. The lowest BCUT2D eigenvalue weighted by Crippen LogP contribution is -2.16. The summed E-state index contributed by atoms with van der Waals surface area (Å²) in [4.78, 5) is 12.2. The zero-order valence-corrected chi connectivity index (χ0v) is 15.5. The van der Waals surface area contributed by atoms with Gasteiger partial charge in [0.15, 0.2) is 0 Å². The van der Waals surface area contributed by atoms with Crippen LogP contribution in [0.2, 0.25) is 0 Å². The molecule has 1 amide bonds. The predicted molar refractivity (Wildman–Crippen MR) is 96.3 cm³/mol. The van der Waals surface area contributed by atoms with Crippen LogP contribution in [-0.4, -0.2) is 20.1 Å². The van der Waals surface area contributed by atoms with Crippen LogP contribution in [-0.2, 0) is 10.0 Å². The highest BCUT2D eigenvalue weighted by Crippen LogP contribution is 2.23. The standard InChI is InChI=1S/C16H16BrFN2O3S/c1-3-24(22,23)20-15-7-5-12(8-10(15)2)19-16(21)13-6-4-11(18)9-14(13)17/h4-9,20H,3H2,1-2H3,(H,19,21). The summed E-state index contributed by atoms with van der Waals surface area (Å²) in [5.41, 5.74) is 1.93. The monoisotopic (exact) mass is 414 g/mol. The first-order valence-corrected chi connectivity index (χ1v) is 9.54. The Morgan fingerprint density at radius 2 is 1.92 bits per heavy atom.